The molecule has 1 aliphatic heterocycles. The molecule has 118 valence electrons. The van der Waals surface area contributed by atoms with Crippen LogP contribution in [0.25, 0.3) is 0 Å². The summed E-state index contributed by atoms with van der Waals surface area (Å²) in [6.45, 7) is 5.16. The van der Waals surface area contributed by atoms with Crippen molar-refractivity contribution in [3.05, 3.63) is 21.4 Å². The van der Waals surface area contributed by atoms with Gasteiger partial charge in [-0.1, -0.05) is 6.92 Å². The first kappa shape index (κ1) is 16.8. The van der Waals surface area contributed by atoms with Crippen LogP contribution in [0.1, 0.15) is 39.9 Å². The molecule has 21 heavy (non-hydrogen) atoms. The number of rotatable bonds is 3. The molecule has 1 fully saturated rings. The monoisotopic (exact) mass is 328 g/mol. The number of hydrogen-bond acceptors (Lipinski definition) is 3. The fraction of sp³-hybridized carbons (Fsp3) is 0.688. The van der Waals surface area contributed by atoms with E-state index in [4.69, 9.17) is 0 Å². The van der Waals surface area contributed by atoms with E-state index in [1.54, 1.807) is 11.3 Å². The quantitative estimate of drug-likeness (QED) is 0.925. The normalized spacial score (nSPS) is 24.6. The predicted molar refractivity (Wildman–Crippen MR) is 90.7 cm³/mol. The van der Waals surface area contributed by atoms with Crippen LogP contribution in [0, 0.1) is 11.8 Å². The molecule has 3 nitrogen and oxygen atoms in total. The largest absolute Gasteiger partial charge is 0.338 e. The number of thiophene rings is 1. The van der Waals surface area contributed by atoms with Gasteiger partial charge in [-0.25, -0.2) is 0 Å². The molecule has 2 atom stereocenters. The number of fused-ring (bicyclic) bond motifs is 1. The van der Waals surface area contributed by atoms with E-state index in [0.29, 0.717) is 5.92 Å². The van der Waals surface area contributed by atoms with E-state index in [2.05, 4.69) is 18.3 Å². The van der Waals surface area contributed by atoms with Gasteiger partial charge in [-0.05, 0) is 62.7 Å². The second-order valence-corrected chi connectivity index (χ2v) is 7.51. The van der Waals surface area contributed by atoms with Crippen LogP contribution in [0.15, 0.2) is 6.07 Å². The molecule has 1 aliphatic carbocycles. The summed E-state index contributed by atoms with van der Waals surface area (Å²) in [4.78, 5) is 17.1. The Morgan fingerprint density at radius 3 is 3.05 bits per heavy atom. The van der Waals surface area contributed by atoms with Crippen molar-refractivity contribution in [2.24, 2.45) is 11.8 Å². The molecule has 1 saturated heterocycles. The topological polar surface area (TPSA) is 32.3 Å². The van der Waals surface area contributed by atoms with Crippen molar-refractivity contribution in [2.45, 2.75) is 32.6 Å². The van der Waals surface area contributed by atoms with Crippen molar-refractivity contribution < 1.29 is 4.79 Å². The maximum absolute atomic E-state index is 12.6. The Hall–Kier alpha value is -0.580. The minimum absolute atomic E-state index is 0. The lowest BCUT2D eigenvalue weighted by Gasteiger charge is -2.16. The molecule has 0 radical (unpaired) electrons. The summed E-state index contributed by atoms with van der Waals surface area (Å²) >= 11 is 1.74. The molecule has 1 amide bonds. The van der Waals surface area contributed by atoms with Crippen molar-refractivity contribution in [2.75, 3.05) is 26.7 Å². The number of aryl methyl sites for hydroxylation is 1. The third kappa shape index (κ3) is 3.61. The summed E-state index contributed by atoms with van der Waals surface area (Å²) in [5, 5.41) is 3.22. The van der Waals surface area contributed by atoms with Gasteiger partial charge in [-0.15, -0.1) is 23.7 Å². The average Bonchev–Trinajstić information content (AvgIpc) is 3.04. The van der Waals surface area contributed by atoms with Crippen LogP contribution in [0.5, 0.6) is 0 Å². The number of nitrogens with one attached hydrogen (secondary N) is 1. The molecule has 0 aromatic carbocycles. The fourth-order valence-corrected chi connectivity index (χ4v) is 4.62. The van der Waals surface area contributed by atoms with Gasteiger partial charge in [0, 0.05) is 18.0 Å². The van der Waals surface area contributed by atoms with Crippen molar-refractivity contribution >= 4 is 29.7 Å². The number of carbonyl (C=O) groups is 1. The van der Waals surface area contributed by atoms with E-state index < -0.39 is 0 Å². The van der Waals surface area contributed by atoms with Crippen LogP contribution >= 0.6 is 23.7 Å². The van der Waals surface area contributed by atoms with Crippen molar-refractivity contribution in [1.82, 2.24) is 10.2 Å². The van der Waals surface area contributed by atoms with Gasteiger partial charge < -0.3 is 10.2 Å². The molecule has 5 heteroatoms. The number of likely N-dealkylation sites (tertiary alicyclic amines) is 1. The zero-order valence-electron chi connectivity index (χ0n) is 12.9. The SMILES string of the molecule is CNCC1CCN(C(=O)c2cc3c(s2)CCC(C)C3)C1.Cl. The zero-order chi connectivity index (χ0) is 14.1. The van der Waals surface area contributed by atoms with Crippen LogP contribution in [0.4, 0.5) is 0 Å². The average molecular weight is 329 g/mol. The number of nitrogens with zero attached hydrogens (tertiary/aromatic N) is 1. The van der Waals surface area contributed by atoms with E-state index in [1.807, 2.05) is 11.9 Å². The molecule has 0 spiro atoms. The van der Waals surface area contributed by atoms with Crippen LogP contribution in [-0.4, -0.2) is 37.5 Å². The number of hydrogen-bond donors (Lipinski definition) is 1. The summed E-state index contributed by atoms with van der Waals surface area (Å²) < 4.78 is 0. The van der Waals surface area contributed by atoms with Gasteiger partial charge in [0.1, 0.15) is 0 Å². The van der Waals surface area contributed by atoms with E-state index in [-0.39, 0.29) is 18.3 Å². The zero-order valence-corrected chi connectivity index (χ0v) is 14.5. The van der Waals surface area contributed by atoms with Gasteiger partial charge in [0.05, 0.1) is 4.88 Å². The molecule has 0 bridgehead atoms. The third-order valence-electron chi connectivity index (χ3n) is 4.61. The van der Waals surface area contributed by atoms with Crippen molar-refractivity contribution in [3.63, 3.8) is 0 Å². The maximum Gasteiger partial charge on any atom is 0.263 e. The molecular weight excluding hydrogens is 304 g/mol. The Balaban J connectivity index is 0.00000161. The van der Waals surface area contributed by atoms with Crippen LogP contribution < -0.4 is 5.32 Å². The number of halogens is 1. The Labute approximate surface area is 137 Å². The van der Waals surface area contributed by atoms with Gasteiger partial charge in [0.15, 0.2) is 0 Å². The van der Waals surface area contributed by atoms with E-state index in [9.17, 15) is 4.79 Å². The van der Waals surface area contributed by atoms with Crippen molar-refractivity contribution in [1.29, 1.82) is 0 Å². The highest BCUT2D eigenvalue weighted by Crippen LogP contribution is 2.33. The van der Waals surface area contributed by atoms with Gasteiger partial charge in [-0.3, -0.25) is 4.79 Å². The summed E-state index contributed by atoms with van der Waals surface area (Å²) in [5.74, 6) is 1.65. The minimum Gasteiger partial charge on any atom is -0.338 e. The molecule has 2 heterocycles. The van der Waals surface area contributed by atoms with E-state index >= 15 is 0 Å². The second-order valence-electron chi connectivity index (χ2n) is 6.37. The Morgan fingerprint density at radius 1 is 1.48 bits per heavy atom. The first-order chi connectivity index (χ1) is 9.67. The minimum atomic E-state index is 0. The molecule has 0 saturated carbocycles. The second kappa shape index (κ2) is 7.12. The molecule has 1 N–H and O–H groups in total. The van der Waals surface area contributed by atoms with E-state index in [1.165, 1.54) is 16.9 Å². The first-order valence-corrected chi connectivity index (χ1v) is 8.54. The standard InChI is InChI=1S/C16H24N2OS.ClH/c1-11-3-4-14-13(7-11)8-15(20-14)16(19)18-6-5-12(10-18)9-17-2;/h8,11-12,17H,3-7,9-10H2,1-2H3;1H. The lowest BCUT2D eigenvalue weighted by molar-refractivity contribution is 0.0792. The summed E-state index contributed by atoms with van der Waals surface area (Å²) in [6, 6.07) is 2.17. The summed E-state index contributed by atoms with van der Waals surface area (Å²) in [7, 11) is 1.99. The third-order valence-corrected chi connectivity index (χ3v) is 5.83. The fourth-order valence-electron chi connectivity index (χ4n) is 3.44. The predicted octanol–water partition coefficient (Wildman–Crippen LogP) is 2.98. The highest BCUT2D eigenvalue weighted by atomic mass is 35.5. The molecule has 1 aromatic rings. The molecule has 1 aromatic heterocycles. The maximum atomic E-state index is 12.6. The van der Waals surface area contributed by atoms with E-state index in [0.717, 1.165) is 49.7 Å². The highest BCUT2D eigenvalue weighted by Gasteiger charge is 2.28. The molecular formula is C16H25ClN2OS. The van der Waals surface area contributed by atoms with Gasteiger partial charge in [0.2, 0.25) is 0 Å². The van der Waals surface area contributed by atoms with Crippen LogP contribution in [0.3, 0.4) is 0 Å². The highest BCUT2D eigenvalue weighted by molar-refractivity contribution is 7.14. The first-order valence-electron chi connectivity index (χ1n) is 7.73. The summed E-state index contributed by atoms with van der Waals surface area (Å²) in [6.07, 6.45) is 4.72. The van der Waals surface area contributed by atoms with Gasteiger partial charge >= 0.3 is 0 Å². The number of amides is 1. The lowest BCUT2D eigenvalue weighted by atomic mass is 9.90. The molecule has 2 unspecified atom stereocenters. The lowest BCUT2D eigenvalue weighted by Crippen LogP contribution is -2.29. The Kier molecular flexibility index (Phi) is 5.69. The van der Waals surface area contributed by atoms with Crippen molar-refractivity contribution in [3.8, 4) is 0 Å². The Bertz CT molecular complexity index is 502. The molecule has 2 aliphatic rings. The summed E-state index contributed by atoms with van der Waals surface area (Å²) in [5.41, 5.74) is 1.43. The smallest absolute Gasteiger partial charge is 0.263 e. The van der Waals surface area contributed by atoms with Gasteiger partial charge in [-0.2, -0.15) is 0 Å². The Morgan fingerprint density at radius 2 is 2.29 bits per heavy atom. The van der Waals surface area contributed by atoms with Gasteiger partial charge in [0.25, 0.3) is 5.91 Å². The van der Waals surface area contributed by atoms with Crippen LogP contribution in [-0.2, 0) is 12.8 Å². The van der Waals surface area contributed by atoms with Crippen LogP contribution in [0.2, 0.25) is 0 Å². The number of carbonyl (C=O) groups excluding carboxylic acids is 1. The molecule has 3 rings (SSSR count).